The molecule has 90 valence electrons. The quantitative estimate of drug-likeness (QED) is 0.893. The van der Waals surface area contributed by atoms with Crippen LogP contribution in [0.5, 0.6) is 0 Å². The summed E-state index contributed by atoms with van der Waals surface area (Å²) in [5, 5.41) is 6.66. The molecule has 1 aromatic carbocycles. The van der Waals surface area contributed by atoms with Gasteiger partial charge in [0.25, 0.3) is 0 Å². The van der Waals surface area contributed by atoms with Gasteiger partial charge in [-0.2, -0.15) is 0 Å². The molecule has 0 bridgehead atoms. The molecule has 0 spiro atoms. The van der Waals surface area contributed by atoms with E-state index in [0.29, 0.717) is 0 Å². The molecule has 1 aromatic heterocycles. The van der Waals surface area contributed by atoms with Gasteiger partial charge in [0.1, 0.15) is 5.01 Å². The molecule has 0 aliphatic heterocycles. The van der Waals surface area contributed by atoms with E-state index in [9.17, 15) is 0 Å². The van der Waals surface area contributed by atoms with Crippen molar-refractivity contribution >= 4 is 11.3 Å². The second-order valence-corrected chi connectivity index (χ2v) is 5.13. The van der Waals surface area contributed by atoms with Crippen LogP contribution in [0.2, 0.25) is 0 Å². The summed E-state index contributed by atoms with van der Waals surface area (Å²) in [5.41, 5.74) is 3.97. The third kappa shape index (κ3) is 2.73. The molecule has 1 unspecified atom stereocenters. The Bertz CT molecular complexity index is 477. The minimum absolute atomic E-state index is 0.222. The van der Waals surface area contributed by atoms with Crippen LogP contribution in [-0.2, 0) is 0 Å². The molecule has 0 aliphatic rings. The molecule has 0 aliphatic carbocycles. The van der Waals surface area contributed by atoms with Gasteiger partial charge in [0.05, 0.1) is 6.04 Å². The Morgan fingerprint density at radius 1 is 1.29 bits per heavy atom. The van der Waals surface area contributed by atoms with Crippen molar-refractivity contribution < 1.29 is 0 Å². The number of thiazole rings is 1. The Morgan fingerprint density at radius 3 is 2.71 bits per heavy atom. The van der Waals surface area contributed by atoms with E-state index in [4.69, 9.17) is 0 Å². The van der Waals surface area contributed by atoms with E-state index in [1.165, 1.54) is 16.7 Å². The van der Waals surface area contributed by atoms with Crippen LogP contribution in [0, 0.1) is 13.8 Å². The molecule has 3 heteroatoms. The molecule has 0 saturated carbocycles. The average Bonchev–Trinajstić information content (AvgIpc) is 2.83. The van der Waals surface area contributed by atoms with Crippen LogP contribution in [-0.4, -0.2) is 11.5 Å². The van der Waals surface area contributed by atoms with Gasteiger partial charge in [0.15, 0.2) is 0 Å². The zero-order chi connectivity index (χ0) is 12.3. The maximum Gasteiger partial charge on any atom is 0.114 e. The van der Waals surface area contributed by atoms with Crippen LogP contribution >= 0.6 is 11.3 Å². The second-order valence-electron chi connectivity index (χ2n) is 4.20. The van der Waals surface area contributed by atoms with Crippen LogP contribution < -0.4 is 5.32 Å². The van der Waals surface area contributed by atoms with Crippen molar-refractivity contribution in [3.63, 3.8) is 0 Å². The first-order chi connectivity index (χ1) is 8.22. The Balaban J connectivity index is 2.35. The number of nitrogens with zero attached hydrogens (tertiary/aromatic N) is 1. The van der Waals surface area contributed by atoms with Crippen molar-refractivity contribution in [3.05, 3.63) is 51.5 Å². The number of nitrogens with one attached hydrogen (secondary N) is 1. The molecule has 0 saturated heterocycles. The number of hydrogen-bond donors (Lipinski definition) is 1. The van der Waals surface area contributed by atoms with Gasteiger partial charge < -0.3 is 5.32 Å². The summed E-state index contributed by atoms with van der Waals surface area (Å²) in [7, 11) is 0. The maximum absolute atomic E-state index is 4.42. The lowest BCUT2D eigenvalue weighted by molar-refractivity contribution is 0.626. The molecule has 1 atom stereocenters. The highest BCUT2D eigenvalue weighted by atomic mass is 32.1. The first kappa shape index (κ1) is 12.3. The molecule has 0 amide bonds. The Labute approximate surface area is 107 Å². The lowest BCUT2D eigenvalue weighted by Crippen LogP contribution is -2.21. The monoisotopic (exact) mass is 246 g/mol. The number of hydrogen-bond acceptors (Lipinski definition) is 3. The molecule has 0 radical (unpaired) electrons. The molecule has 1 heterocycles. The van der Waals surface area contributed by atoms with E-state index in [1.807, 2.05) is 11.6 Å². The minimum Gasteiger partial charge on any atom is -0.305 e. The van der Waals surface area contributed by atoms with Crippen molar-refractivity contribution in [2.24, 2.45) is 0 Å². The molecule has 1 N–H and O–H groups in total. The molecular weight excluding hydrogens is 228 g/mol. The Hall–Kier alpha value is -1.19. The largest absolute Gasteiger partial charge is 0.305 e. The van der Waals surface area contributed by atoms with Crippen LogP contribution in [0.4, 0.5) is 0 Å². The fraction of sp³-hybridized carbons (Fsp3) is 0.357. The van der Waals surface area contributed by atoms with Gasteiger partial charge in [-0.25, -0.2) is 4.98 Å². The highest BCUT2D eigenvalue weighted by Gasteiger charge is 2.15. The van der Waals surface area contributed by atoms with Gasteiger partial charge >= 0.3 is 0 Å². The smallest absolute Gasteiger partial charge is 0.114 e. The predicted molar refractivity (Wildman–Crippen MR) is 73.5 cm³/mol. The summed E-state index contributed by atoms with van der Waals surface area (Å²) in [5.74, 6) is 0. The van der Waals surface area contributed by atoms with Crippen molar-refractivity contribution in [2.75, 3.05) is 6.54 Å². The average molecular weight is 246 g/mol. The van der Waals surface area contributed by atoms with E-state index in [0.717, 1.165) is 11.6 Å². The van der Waals surface area contributed by atoms with Gasteiger partial charge in [-0.3, -0.25) is 0 Å². The Morgan fingerprint density at radius 2 is 2.12 bits per heavy atom. The summed E-state index contributed by atoms with van der Waals surface area (Å²) in [4.78, 5) is 4.42. The number of benzene rings is 1. The number of aromatic nitrogens is 1. The van der Waals surface area contributed by atoms with Crippen molar-refractivity contribution in [1.82, 2.24) is 10.3 Å². The van der Waals surface area contributed by atoms with Crippen LogP contribution in [0.25, 0.3) is 0 Å². The number of aryl methyl sites for hydroxylation is 2. The third-order valence-corrected chi connectivity index (χ3v) is 3.81. The molecule has 2 rings (SSSR count). The molecule has 17 heavy (non-hydrogen) atoms. The standard InChI is InChI=1S/C14H18N2S/c1-4-15-13(14-16-7-8-17-14)12-6-5-10(2)11(3)9-12/h5-9,13,15H,4H2,1-3H3. The van der Waals surface area contributed by atoms with E-state index in [-0.39, 0.29) is 6.04 Å². The normalized spacial score (nSPS) is 12.6. The van der Waals surface area contributed by atoms with Crippen molar-refractivity contribution in [2.45, 2.75) is 26.8 Å². The van der Waals surface area contributed by atoms with E-state index >= 15 is 0 Å². The lowest BCUT2D eigenvalue weighted by Gasteiger charge is -2.17. The maximum atomic E-state index is 4.42. The van der Waals surface area contributed by atoms with Gasteiger partial charge in [-0.1, -0.05) is 25.1 Å². The van der Waals surface area contributed by atoms with Gasteiger partial charge in [-0.15, -0.1) is 11.3 Å². The second kappa shape index (κ2) is 5.43. The first-order valence-corrected chi connectivity index (χ1v) is 6.80. The first-order valence-electron chi connectivity index (χ1n) is 5.92. The molecule has 0 fully saturated rings. The van der Waals surface area contributed by atoms with E-state index in [2.05, 4.69) is 49.3 Å². The Kier molecular flexibility index (Phi) is 3.92. The third-order valence-electron chi connectivity index (χ3n) is 2.97. The lowest BCUT2D eigenvalue weighted by atomic mass is 10.0. The van der Waals surface area contributed by atoms with Crippen LogP contribution in [0.1, 0.15) is 34.7 Å². The fourth-order valence-electron chi connectivity index (χ4n) is 1.87. The highest BCUT2D eigenvalue weighted by molar-refractivity contribution is 7.09. The zero-order valence-corrected chi connectivity index (χ0v) is 11.3. The summed E-state index contributed by atoms with van der Waals surface area (Å²) in [6.07, 6.45) is 1.87. The predicted octanol–water partition coefficient (Wildman–Crippen LogP) is 3.46. The highest BCUT2D eigenvalue weighted by Crippen LogP contribution is 2.25. The fourth-order valence-corrected chi connectivity index (χ4v) is 2.61. The summed E-state index contributed by atoms with van der Waals surface area (Å²) in [6.45, 7) is 7.37. The molecular formula is C14H18N2S. The van der Waals surface area contributed by atoms with Gasteiger partial charge in [-0.05, 0) is 37.1 Å². The zero-order valence-electron chi connectivity index (χ0n) is 10.5. The van der Waals surface area contributed by atoms with E-state index in [1.54, 1.807) is 11.3 Å². The van der Waals surface area contributed by atoms with Crippen LogP contribution in [0.15, 0.2) is 29.8 Å². The summed E-state index contributed by atoms with van der Waals surface area (Å²) >= 11 is 1.70. The minimum atomic E-state index is 0.222. The summed E-state index contributed by atoms with van der Waals surface area (Å²) < 4.78 is 0. The summed E-state index contributed by atoms with van der Waals surface area (Å²) in [6, 6.07) is 6.85. The van der Waals surface area contributed by atoms with Crippen LogP contribution in [0.3, 0.4) is 0 Å². The SMILES string of the molecule is CCNC(c1ccc(C)c(C)c1)c1nccs1. The van der Waals surface area contributed by atoms with Gasteiger partial charge in [0, 0.05) is 11.6 Å². The van der Waals surface area contributed by atoms with Crippen molar-refractivity contribution in [1.29, 1.82) is 0 Å². The van der Waals surface area contributed by atoms with E-state index < -0.39 is 0 Å². The molecule has 2 nitrogen and oxygen atoms in total. The molecule has 2 aromatic rings. The topological polar surface area (TPSA) is 24.9 Å². The number of rotatable bonds is 4. The van der Waals surface area contributed by atoms with Crippen molar-refractivity contribution in [3.8, 4) is 0 Å². The van der Waals surface area contributed by atoms with Gasteiger partial charge in [0.2, 0.25) is 0 Å².